The van der Waals surface area contributed by atoms with E-state index in [1.165, 1.54) is 0 Å². The molecular weight excluding hydrogens is 242 g/mol. The van der Waals surface area contributed by atoms with Gasteiger partial charge in [-0.2, -0.15) is 5.10 Å². The number of esters is 1. The molecule has 1 atom stereocenters. The average Bonchev–Trinajstić information content (AvgIpc) is 2.58. The van der Waals surface area contributed by atoms with E-state index in [4.69, 9.17) is 4.74 Å². The van der Waals surface area contributed by atoms with Gasteiger partial charge < -0.3 is 4.74 Å². The molecule has 0 aliphatic rings. The highest BCUT2D eigenvalue weighted by Crippen LogP contribution is 2.24. The summed E-state index contributed by atoms with van der Waals surface area (Å²) in [5.74, 6) is 1.55. The molecular formula is C14H25N3O2. The lowest BCUT2D eigenvalue weighted by molar-refractivity contribution is -0.146. The lowest BCUT2D eigenvalue weighted by Gasteiger charge is -2.17. The molecule has 0 aliphatic heterocycles. The van der Waals surface area contributed by atoms with Gasteiger partial charge in [-0.25, -0.2) is 4.98 Å². The van der Waals surface area contributed by atoms with Crippen LogP contribution in [-0.2, 0) is 23.0 Å². The molecule has 1 rings (SSSR count). The van der Waals surface area contributed by atoms with Crippen LogP contribution in [0.5, 0.6) is 0 Å². The number of carbonyl (C=O) groups is 1. The van der Waals surface area contributed by atoms with E-state index in [1.54, 1.807) is 4.68 Å². The molecule has 0 bridgehead atoms. The van der Waals surface area contributed by atoms with Gasteiger partial charge >= 0.3 is 5.97 Å². The van der Waals surface area contributed by atoms with Crippen LogP contribution < -0.4 is 0 Å². The Hall–Kier alpha value is -1.39. The van der Waals surface area contributed by atoms with E-state index in [1.807, 2.05) is 27.8 Å². The van der Waals surface area contributed by atoms with E-state index in [2.05, 4.69) is 23.9 Å². The Morgan fingerprint density at radius 1 is 1.32 bits per heavy atom. The molecule has 0 amide bonds. The van der Waals surface area contributed by atoms with Gasteiger partial charge in [0.2, 0.25) is 0 Å². The molecule has 0 N–H and O–H groups in total. The first kappa shape index (κ1) is 15.7. The van der Waals surface area contributed by atoms with Crippen molar-refractivity contribution in [2.24, 2.45) is 18.9 Å². The molecule has 5 nitrogen and oxygen atoms in total. The van der Waals surface area contributed by atoms with E-state index < -0.39 is 0 Å². The van der Waals surface area contributed by atoms with Crippen molar-refractivity contribution in [3.63, 3.8) is 0 Å². The fourth-order valence-corrected chi connectivity index (χ4v) is 2.08. The third kappa shape index (κ3) is 4.04. The van der Waals surface area contributed by atoms with Crippen LogP contribution in [0.4, 0.5) is 0 Å². The highest BCUT2D eigenvalue weighted by Gasteiger charge is 2.30. The summed E-state index contributed by atoms with van der Waals surface area (Å²) >= 11 is 0. The van der Waals surface area contributed by atoms with Crippen LogP contribution >= 0.6 is 0 Å². The molecule has 0 fully saturated rings. The van der Waals surface area contributed by atoms with E-state index >= 15 is 0 Å². The summed E-state index contributed by atoms with van der Waals surface area (Å²) < 4.78 is 6.85. The van der Waals surface area contributed by atoms with Crippen molar-refractivity contribution >= 4 is 5.97 Å². The lowest BCUT2D eigenvalue weighted by atomic mass is 9.95. The zero-order chi connectivity index (χ0) is 14.6. The fraction of sp³-hybridized carbons (Fsp3) is 0.786. The van der Waals surface area contributed by atoms with E-state index in [-0.39, 0.29) is 17.8 Å². The molecule has 1 unspecified atom stereocenters. The van der Waals surface area contributed by atoms with Crippen LogP contribution in [-0.4, -0.2) is 27.3 Å². The third-order valence-electron chi connectivity index (χ3n) is 2.92. The maximum Gasteiger partial charge on any atom is 0.316 e. The zero-order valence-corrected chi connectivity index (χ0v) is 12.8. The van der Waals surface area contributed by atoms with Crippen molar-refractivity contribution in [2.75, 3.05) is 6.61 Å². The number of hydrogen-bond acceptors (Lipinski definition) is 4. The average molecular weight is 267 g/mol. The van der Waals surface area contributed by atoms with Crippen LogP contribution in [0.15, 0.2) is 0 Å². The van der Waals surface area contributed by atoms with Crippen molar-refractivity contribution in [1.29, 1.82) is 0 Å². The Morgan fingerprint density at radius 3 is 2.42 bits per heavy atom. The Kier molecular flexibility index (Phi) is 5.51. The maximum absolute atomic E-state index is 12.1. The summed E-state index contributed by atoms with van der Waals surface area (Å²) in [6.07, 6.45) is 0.821. The second-order valence-corrected chi connectivity index (χ2v) is 5.58. The van der Waals surface area contributed by atoms with Gasteiger partial charge in [-0.05, 0) is 18.8 Å². The molecule has 1 heterocycles. The van der Waals surface area contributed by atoms with Crippen molar-refractivity contribution in [3.05, 3.63) is 11.6 Å². The molecule has 0 radical (unpaired) electrons. The highest BCUT2D eigenvalue weighted by atomic mass is 16.5. The molecule has 0 saturated carbocycles. The monoisotopic (exact) mass is 267 g/mol. The largest absolute Gasteiger partial charge is 0.465 e. The van der Waals surface area contributed by atoms with Crippen LogP contribution in [0.2, 0.25) is 0 Å². The van der Waals surface area contributed by atoms with Crippen molar-refractivity contribution in [2.45, 2.75) is 47.0 Å². The van der Waals surface area contributed by atoms with E-state index in [9.17, 15) is 4.79 Å². The van der Waals surface area contributed by atoms with Gasteiger partial charge in [0.05, 0.1) is 6.61 Å². The summed E-state index contributed by atoms with van der Waals surface area (Å²) in [6.45, 7) is 10.5. The third-order valence-corrected chi connectivity index (χ3v) is 2.92. The first-order chi connectivity index (χ1) is 8.86. The topological polar surface area (TPSA) is 57.0 Å². The fourth-order valence-electron chi connectivity index (χ4n) is 2.08. The second-order valence-electron chi connectivity index (χ2n) is 5.58. The Morgan fingerprint density at radius 2 is 1.95 bits per heavy atom. The summed E-state index contributed by atoms with van der Waals surface area (Å²) in [6, 6.07) is 0. The van der Waals surface area contributed by atoms with E-state index in [0.29, 0.717) is 18.3 Å². The summed E-state index contributed by atoms with van der Waals surface area (Å²) in [4.78, 5) is 16.6. The number of ether oxygens (including phenoxy) is 1. The lowest BCUT2D eigenvalue weighted by Crippen LogP contribution is -2.24. The maximum atomic E-state index is 12.1. The quantitative estimate of drug-likeness (QED) is 0.742. The molecule has 0 spiro atoms. The van der Waals surface area contributed by atoms with Crippen molar-refractivity contribution in [3.8, 4) is 0 Å². The highest BCUT2D eigenvalue weighted by molar-refractivity contribution is 5.77. The number of nitrogens with zero attached hydrogens (tertiary/aromatic N) is 3. The van der Waals surface area contributed by atoms with Gasteiger partial charge in [-0.15, -0.1) is 0 Å². The minimum Gasteiger partial charge on any atom is -0.465 e. The number of aromatic nitrogens is 3. The molecule has 0 aliphatic carbocycles. The molecule has 108 valence electrons. The van der Waals surface area contributed by atoms with Gasteiger partial charge in [-0.3, -0.25) is 9.48 Å². The molecule has 1 aromatic heterocycles. The number of aryl methyl sites for hydroxylation is 1. The van der Waals surface area contributed by atoms with Crippen LogP contribution in [0.25, 0.3) is 0 Å². The minimum absolute atomic E-state index is 0.133. The predicted octanol–water partition coefficient (Wildman–Crippen LogP) is 2.32. The summed E-state index contributed by atoms with van der Waals surface area (Å²) in [7, 11) is 1.83. The number of rotatable bonds is 6. The minimum atomic E-state index is -0.349. The molecule has 5 heteroatoms. The second kappa shape index (κ2) is 6.68. The Balaban J connectivity index is 3.02. The van der Waals surface area contributed by atoms with Gasteiger partial charge in [0, 0.05) is 13.5 Å². The van der Waals surface area contributed by atoms with Crippen LogP contribution in [0.3, 0.4) is 0 Å². The van der Waals surface area contributed by atoms with Gasteiger partial charge in [0.1, 0.15) is 11.7 Å². The summed E-state index contributed by atoms with van der Waals surface area (Å²) in [5, 5.41) is 4.39. The number of hydrogen-bond donors (Lipinski definition) is 0. The van der Waals surface area contributed by atoms with Crippen molar-refractivity contribution in [1.82, 2.24) is 14.8 Å². The number of carbonyl (C=O) groups excluding carboxylic acids is 1. The standard InChI is InChI=1S/C14H25N3O2/c1-7-19-14(18)12(10(4)5)13-15-11(8-9(2)3)16-17(13)6/h9-10,12H,7-8H2,1-6H3. The Bertz CT molecular complexity index is 424. The smallest absolute Gasteiger partial charge is 0.316 e. The first-order valence-electron chi connectivity index (χ1n) is 6.93. The molecule has 1 aromatic rings. The summed E-state index contributed by atoms with van der Waals surface area (Å²) in [5.41, 5.74) is 0. The molecule has 19 heavy (non-hydrogen) atoms. The van der Waals surface area contributed by atoms with Crippen molar-refractivity contribution < 1.29 is 9.53 Å². The molecule has 0 aromatic carbocycles. The van der Waals surface area contributed by atoms with Gasteiger partial charge in [0.15, 0.2) is 5.82 Å². The Labute approximate surface area is 115 Å². The SMILES string of the molecule is CCOC(=O)C(c1nc(CC(C)C)nn1C)C(C)C. The van der Waals surface area contributed by atoms with Gasteiger partial charge in [0.25, 0.3) is 0 Å². The first-order valence-corrected chi connectivity index (χ1v) is 6.93. The normalized spacial score (nSPS) is 13.1. The van der Waals surface area contributed by atoms with Crippen LogP contribution in [0, 0.1) is 11.8 Å². The van der Waals surface area contributed by atoms with Gasteiger partial charge in [-0.1, -0.05) is 27.7 Å². The molecule has 0 saturated heterocycles. The van der Waals surface area contributed by atoms with Crippen LogP contribution in [0.1, 0.15) is 52.2 Å². The zero-order valence-electron chi connectivity index (χ0n) is 12.8. The van der Waals surface area contributed by atoms with E-state index in [0.717, 1.165) is 12.2 Å². The predicted molar refractivity (Wildman–Crippen MR) is 73.8 cm³/mol.